The topological polar surface area (TPSA) is 128 Å². The zero-order valence-electron chi connectivity index (χ0n) is 21.9. The Labute approximate surface area is 225 Å². The molecule has 0 unspecified atom stereocenters. The van der Waals surface area contributed by atoms with Gasteiger partial charge >= 0.3 is 6.03 Å². The van der Waals surface area contributed by atoms with Gasteiger partial charge in [-0.1, -0.05) is 63.2 Å². The molecule has 0 spiro atoms. The van der Waals surface area contributed by atoms with Crippen molar-refractivity contribution in [2.24, 2.45) is 0 Å². The fraction of sp³-hybridized carbons (Fsp3) is 0.207. The highest BCUT2D eigenvalue weighted by molar-refractivity contribution is 6.39. The van der Waals surface area contributed by atoms with Crippen molar-refractivity contribution in [3.8, 4) is 11.5 Å². The van der Waals surface area contributed by atoms with E-state index in [1.54, 1.807) is 24.3 Å². The van der Waals surface area contributed by atoms with Crippen LogP contribution in [0.25, 0.3) is 6.08 Å². The number of carbonyl (C=O) groups excluding carboxylic acids is 3. The number of imide groups is 2. The largest absolute Gasteiger partial charge is 0.493 e. The zero-order chi connectivity index (χ0) is 28.3. The van der Waals surface area contributed by atoms with E-state index < -0.39 is 34.0 Å². The van der Waals surface area contributed by atoms with Crippen LogP contribution in [0.1, 0.15) is 37.5 Å². The van der Waals surface area contributed by atoms with Crippen LogP contribution in [0.5, 0.6) is 11.5 Å². The van der Waals surface area contributed by atoms with Gasteiger partial charge in [-0.05, 0) is 40.8 Å². The minimum Gasteiger partial charge on any atom is -0.493 e. The molecule has 200 valence electrons. The lowest BCUT2D eigenvalue weighted by atomic mass is 9.87. The number of nitro benzene ring substituents is 1. The number of methoxy groups -OCH3 is 1. The predicted molar refractivity (Wildman–Crippen MR) is 145 cm³/mol. The van der Waals surface area contributed by atoms with Crippen LogP contribution in [0.3, 0.4) is 0 Å². The molecule has 10 nitrogen and oxygen atoms in total. The molecule has 1 fully saturated rings. The number of carbonyl (C=O) groups is 3. The van der Waals surface area contributed by atoms with Crippen molar-refractivity contribution in [2.45, 2.75) is 32.8 Å². The van der Waals surface area contributed by atoms with Crippen LogP contribution in [0, 0.1) is 10.1 Å². The van der Waals surface area contributed by atoms with E-state index in [9.17, 15) is 24.5 Å². The Morgan fingerprint density at radius 3 is 2.23 bits per heavy atom. The number of hydrogen-bond acceptors (Lipinski definition) is 7. The highest BCUT2D eigenvalue weighted by atomic mass is 16.6. The van der Waals surface area contributed by atoms with Crippen LogP contribution >= 0.6 is 0 Å². The molecule has 1 saturated heterocycles. The van der Waals surface area contributed by atoms with E-state index in [1.165, 1.54) is 19.2 Å². The van der Waals surface area contributed by atoms with E-state index in [-0.39, 0.29) is 34.8 Å². The summed E-state index contributed by atoms with van der Waals surface area (Å²) in [6, 6.07) is 17.6. The van der Waals surface area contributed by atoms with Crippen LogP contribution in [-0.2, 0) is 21.6 Å². The first kappa shape index (κ1) is 27.1. The van der Waals surface area contributed by atoms with Gasteiger partial charge in [0, 0.05) is 0 Å². The summed E-state index contributed by atoms with van der Waals surface area (Å²) in [4.78, 5) is 50.7. The minimum absolute atomic E-state index is 0.0696. The van der Waals surface area contributed by atoms with E-state index >= 15 is 0 Å². The Hall–Kier alpha value is -4.99. The van der Waals surface area contributed by atoms with Gasteiger partial charge in [-0.15, -0.1) is 0 Å². The Kier molecular flexibility index (Phi) is 7.48. The molecule has 0 saturated carbocycles. The number of nitrogens with zero attached hydrogens (tertiary/aromatic N) is 2. The average Bonchev–Trinajstić information content (AvgIpc) is 2.90. The molecule has 3 aromatic carbocycles. The first-order chi connectivity index (χ1) is 18.5. The van der Waals surface area contributed by atoms with Crippen LogP contribution in [0.15, 0.2) is 72.3 Å². The number of hydrogen-bond donors (Lipinski definition) is 1. The molecule has 1 aliphatic rings. The van der Waals surface area contributed by atoms with Crippen LogP contribution in [-0.4, -0.2) is 29.9 Å². The first-order valence-electron chi connectivity index (χ1n) is 12.0. The smallest absolute Gasteiger partial charge is 0.335 e. The zero-order valence-corrected chi connectivity index (χ0v) is 21.9. The van der Waals surface area contributed by atoms with Gasteiger partial charge in [-0.25, -0.2) is 9.69 Å². The molecule has 10 heteroatoms. The fourth-order valence-corrected chi connectivity index (χ4v) is 4.00. The molecule has 1 N–H and O–H groups in total. The molecular formula is C29H27N3O7. The third-order valence-corrected chi connectivity index (χ3v) is 6.14. The van der Waals surface area contributed by atoms with Gasteiger partial charge in [-0.2, -0.15) is 0 Å². The van der Waals surface area contributed by atoms with Crippen molar-refractivity contribution in [2.75, 3.05) is 12.0 Å². The standard InChI is InChI=1S/C29H27N3O7/c1-29(2,3)20-10-12-21(13-11-20)31-27(34)22(26(33)30-28(31)35)14-19-15-24(38-4)25(16-23(19)32(36)37)39-17-18-8-6-5-7-9-18/h5-16H,17H2,1-4H3,(H,30,33,35). The van der Waals surface area contributed by atoms with Gasteiger partial charge in [0.1, 0.15) is 12.2 Å². The lowest BCUT2D eigenvalue weighted by molar-refractivity contribution is -0.385. The van der Waals surface area contributed by atoms with E-state index in [1.807, 2.05) is 51.1 Å². The Morgan fingerprint density at radius 2 is 1.64 bits per heavy atom. The highest BCUT2D eigenvalue weighted by Crippen LogP contribution is 2.37. The molecule has 39 heavy (non-hydrogen) atoms. The van der Waals surface area contributed by atoms with Gasteiger partial charge in [0.25, 0.3) is 17.5 Å². The van der Waals surface area contributed by atoms with Crippen LogP contribution in [0.4, 0.5) is 16.2 Å². The normalized spacial score (nSPS) is 14.8. The molecule has 3 aromatic rings. The quantitative estimate of drug-likeness (QED) is 0.194. The second-order valence-electron chi connectivity index (χ2n) is 9.85. The molecule has 0 atom stereocenters. The van der Waals surface area contributed by atoms with Crippen molar-refractivity contribution in [1.29, 1.82) is 0 Å². The van der Waals surface area contributed by atoms with Gasteiger partial charge in [0.05, 0.1) is 29.4 Å². The summed E-state index contributed by atoms with van der Waals surface area (Å²) in [6.45, 7) is 6.22. The highest BCUT2D eigenvalue weighted by Gasteiger charge is 2.37. The van der Waals surface area contributed by atoms with E-state index in [4.69, 9.17) is 9.47 Å². The Balaban J connectivity index is 1.71. The number of barbiturate groups is 1. The summed E-state index contributed by atoms with van der Waals surface area (Å²) >= 11 is 0. The molecule has 0 aromatic heterocycles. The summed E-state index contributed by atoms with van der Waals surface area (Å²) in [7, 11) is 1.37. The predicted octanol–water partition coefficient (Wildman–Crippen LogP) is 5.15. The monoisotopic (exact) mass is 529 g/mol. The van der Waals surface area contributed by atoms with Gasteiger partial charge in [-0.3, -0.25) is 25.0 Å². The second kappa shape index (κ2) is 10.8. The molecule has 1 heterocycles. The lowest BCUT2D eigenvalue weighted by Crippen LogP contribution is -2.54. The van der Waals surface area contributed by atoms with Crippen molar-refractivity contribution >= 4 is 35.3 Å². The molecular weight excluding hydrogens is 502 g/mol. The van der Waals surface area contributed by atoms with E-state index in [0.717, 1.165) is 22.1 Å². The van der Waals surface area contributed by atoms with Gasteiger partial charge in [0.15, 0.2) is 11.5 Å². The molecule has 0 aliphatic carbocycles. The number of urea groups is 1. The summed E-state index contributed by atoms with van der Waals surface area (Å²) < 4.78 is 11.1. The third-order valence-electron chi connectivity index (χ3n) is 6.14. The average molecular weight is 530 g/mol. The SMILES string of the molecule is COc1cc(C=C2C(=O)NC(=O)N(c3ccc(C(C)(C)C)cc3)C2=O)c([N+](=O)[O-])cc1OCc1ccccc1. The summed E-state index contributed by atoms with van der Waals surface area (Å²) in [5.74, 6) is -1.60. The summed E-state index contributed by atoms with van der Waals surface area (Å²) in [5, 5.41) is 14.1. The summed E-state index contributed by atoms with van der Waals surface area (Å²) in [6.07, 6.45) is 1.07. The van der Waals surface area contributed by atoms with Crippen LogP contribution < -0.4 is 19.7 Å². The van der Waals surface area contributed by atoms with Crippen LogP contribution in [0.2, 0.25) is 0 Å². The number of benzene rings is 3. The number of nitro groups is 1. The maximum atomic E-state index is 13.3. The molecule has 4 rings (SSSR count). The third kappa shape index (κ3) is 5.80. The first-order valence-corrected chi connectivity index (χ1v) is 12.0. The van der Waals surface area contributed by atoms with Gasteiger partial charge in [0.2, 0.25) is 0 Å². The number of anilines is 1. The molecule has 0 bridgehead atoms. The molecule has 1 aliphatic heterocycles. The fourth-order valence-electron chi connectivity index (χ4n) is 4.00. The number of amides is 4. The number of ether oxygens (including phenoxy) is 2. The maximum Gasteiger partial charge on any atom is 0.335 e. The lowest BCUT2D eigenvalue weighted by Gasteiger charge is -2.27. The summed E-state index contributed by atoms with van der Waals surface area (Å²) in [5.41, 5.74) is 1.00. The van der Waals surface area contributed by atoms with E-state index in [0.29, 0.717) is 0 Å². The second-order valence-corrected chi connectivity index (χ2v) is 9.85. The molecule has 4 amide bonds. The van der Waals surface area contributed by atoms with Crippen molar-refractivity contribution in [1.82, 2.24) is 5.32 Å². The Bertz CT molecular complexity index is 1470. The number of nitrogens with one attached hydrogen (secondary N) is 1. The Morgan fingerprint density at radius 1 is 0.974 bits per heavy atom. The minimum atomic E-state index is -0.967. The van der Waals surface area contributed by atoms with E-state index in [2.05, 4.69) is 5.32 Å². The van der Waals surface area contributed by atoms with Crippen molar-refractivity contribution < 1.29 is 28.8 Å². The molecule has 0 radical (unpaired) electrons. The van der Waals surface area contributed by atoms with Crippen molar-refractivity contribution in [3.63, 3.8) is 0 Å². The van der Waals surface area contributed by atoms with Crippen molar-refractivity contribution in [3.05, 3.63) is 99.1 Å². The number of rotatable bonds is 7. The van der Waals surface area contributed by atoms with Gasteiger partial charge < -0.3 is 9.47 Å². The maximum absolute atomic E-state index is 13.3.